The van der Waals surface area contributed by atoms with Gasteiger partial charge in [-0.25, -0.2) is 0 Å². The minimum atomic E-state index is -0.271. The third-order valence-electron chi connectivity index (χ3n) is 3.49. The molecule has 2 aromatic heterocycles. The Balaban J connectivity index is 2.03. The molecule has 2 heterocycles. The molecule has 0 radical (unpaired) electrons. The molecular weight excluding hydrogens is 326 g/mol. The summed E-state index contributed by atoms with van der Waals surface area (Å²) < 4.78 is 12.8. The zero-order valence-corrected chi connectivity index (χ0v) is 14.0. The van der Waals surface area contributed by atoms with Gasteiger partial charge in [0.2, 0.25) is 5.78 Å². The second kappa shape index (κ2) is 6.72. The largest absolute Gasteiger partial charge is 0.497 e. The molecule has 5 nitrogen and oxygen atoms in total. The summed E-state index contributed by atoms with van der Waals surface area (Å²) in [6, 6.07) is 10.6. The molecule has 0 amide bonds. The summed E-state index contributed by atoms with van der Waals surface area (Å²) in [6.45, 7) is 0. The average molecular weight is 341 g/mol. The molecule has 24 heavy (non-hydrogen) atoms. The SMILES string of the molecule is COc1ccc(/C=c2/s/c(=C\C(=O)c3ccco3)n(C)c2=O)cc1. The van der Waals surface area contributed by atoms with Gasteiger partial charge in [0.15, 0.2) is 5.76 Å². The molecule has 0 N–H and O–H groups in total. The highest BCUT2D eigenvalue weighted by Gasteiger charge is 2.07. The number of ether oxygens (including phenoxy) is 1. The number of ketones is 1. The van der Waals surface area contributed by atoms with Crippen LogP contribution in [0.2, 0.25) is 0 Å². The Labute approximate surface area is 141 Å². The maximum Gasteiger partial charge on any atom is 0.268 e. The molecule has 0 aliphatic rings. The Morgan fingerprint density at radius 2 is 2.00 bits per heavy atom. The predicted molar refractivity (Wildman–Crippen MR) is 92.9 cm³/mol. The Bertz CT molecular complexity index is 1020. The molecule has 0 saturated carbocycles. The lowest BCUT2D eigenvalue weighted by Gasteiger charge is -1.98. The maximum absolute atomic E-state index is 12.3. The molecule has 122 valence electrons. The quantitative estimate of drug-likeness (QED) is 0.676. The van der Waals surface area contributed by atoms with Crippen molar-refractivity contribution in [1.82, 2.24) is 4.57 Å². The van der Waals surface area contributed by atoms with Crippen LogP contribution in [0.1, 0.15) is 16.1 Å². The van der Waals surface area contributed by atoms with Crippen LogP contribution < -0.4 is 19.5 Å². The van der Waals surface area contributed by atoms with Gasteiger partial charge >= 0.3 is 0 Å². The van der Waals surface area contributed by atoms with E-state index in [1.165, 1.54) is 28.2 Å². The van der Waals surface area contributed by atoms with Gasteiger partial charge in [-0.3, -0.25) is 9.59 Å². The van der Waals surface area contributed by atoms with Gasteiger partial charge in [-0.2, -0.15) is 0 Å². The standard InChI is InChI=1S/C18H15NO4S/c1-19-17(11-14(20)15-4-3-9-23-15)24-16(18(19)21)10-12-5-7-13(22-2)8-6-12/h3-11H,1-2H3/b16-10+,17-11-. The molecule has 0 aliphatic heterocycles. The number of thiazole rings is 1. The number of hydrogen-bond donors (Lipinski definition) is 0. The van der Waals surface area contributed by atoms with Crippen LogP contribution in [0.15, 0.2) is 51.9 Å². The predicted octanol–water partition coefficient (Wildman–Crippen LogP) is 1.54. The van der Waals surface area contributed by atoms with Crippen LogP contribution in [0, 0.1) is 0 Å². The fraction of sp³-hybridized carbons (Fsp3) is 0.111. The molecule has 0 unspecified atom stereocenters. The number of carbonyl (C=O) groups is 1. The molecule has 0 spiro atoms. The normalized spacial score (nSPS) is 12.6. The van der Waals surface area contributed by atoms with Gasteiger partial charge < -0.3 is 13.7 Å². The first-order valence-electron chi connectivity index (χ1n) is 7.19. The van der Waals surface area contributed by atoms with E-state index in [1.807, 2.05) is 24.3 Å². The van der Waals surface area contributed by atoms with Gasteiger partial charge in [0.25, 0.3) is 5.56 Å². The topological polar surface area (TPSA) is 61.4 Å². The minimum absolute atomic E-state index is 0.144. The highest BCUT2D eigenvalue weighted by molar-refractivity contribution is 7.07. The molecular formula is C18H15NO4S. The van der Waals surface area contributed by atoms with Crippen molar-refractivity contribution in [3.8, 4) is 5.75 Å². The van der Waals surface area contributed by atoms with Crippen molar-refractivity contribution in [2.24, 2.45) is 7.05 Å². The van der Waals surface area contributed by atoms with Gasteiger partial charge in [0.1, 0.15) is 10.4 Å². The van der Waals surface area contributed by atoms with Gasteiger partial charge in [0.05, 0.1) is 17.9 Å². The van der Waals surface area contributed by atoms with Crippen LogP contribution in [0.4, 0.5) is 0 Å². The number of nitrogens with zero attached hydrogens (tertiary/aromatic N) is 1. The second-order valence-electron chi connectivity index (χ2n) is 5.07. The smallest absolute Gasteiger partial charge is 0.268 e. The third kappa shape index (κ3) is 3.23. The third-order valence-corrected chi connectivity index (χ3v) is 4.61. The first-order chi connectivity index (χ1) is 11.6. The lowest BCUT2D eigenvalue weighted by atomic mass is 10.2. The van der Waals surface area contributed by atoms with Crippen molar-refractivity contribution >= 4 is 29.3 Å². The number of benzene rings is 1. The number of methoxy groups -OCH3 is 1. The Morgan fingerprint density at radius 3 is 2.62 bits per heavy atom. The highest BCUT2D eigenvalue weighted by atomic mass is 32.1. The number of rotatable bonds is 4. The fourth-order valence-corrected chi connectivity index (χ4v) is 3.19. The van der Waals surface area contributed by atoms with Crippen molar-refractivity contribution in [3.63, 3.8) is 0 Å². The molecule has 3 rings (SSSR count). The lowest BCUT2D eigenvalue weighted by Crippen LogP contribution is -2.29. The molecule has 0 saturated heterocycles. The summed E-state index contributed by atoms with van der Waals surface area (Å²) in [6.07, 6.45) is 4.65. The van der Waals surface area contributed by atoms with E-state index < -0.39 is 0 Å². The van der Waals surface area contributed by atoms with Gasteiger partial charge in [-0.05, 0) is 35.9 Å². The molecule has 6 heteroatoms. The summed E-state index contributed by atoms with van der Waals surface area (Å²) in [5.74, 6) is 0.730. The zero-order chi connectivity index (χ0) is 17.1. The molecule has 0 fully saturated rings. The minimum Gasteiger partial charge on any atom is -0.497 e. The van der Waals surface area contributed by atoms with E-state index in [4.69, 9.17) is 9.15 Å². The van der Waals surface area contributed by atoms with E-state index in [2.05, 4.69) is 0 Å². The van der Waals surface area contributed by atoms with E-state index in [0.29, 0.717) is 9.20 Å². The summed E-state index contributed by atoms with van der Waals surface area (Å²) in [7, 11) is 3.25. The Kier molecular flexibility index (Phi) is 4.48. The van der Waals surface area contributed by atoms with E-state index in [0.717, 1.165) is 11.3 Å². The molecule has 3 aromatic rings. The fourth-order valence-electron chi connectivity index (χ4n) is 2.16. The number of aromatic nitrogens is 1. The van der Waals surface area contributed by atoms with E-state index >= 15 is 0 Å². The van der Waals surface area contributed by atoms with Crippen LogP contribution in [-0.4, -0.2) is 17.5 Å². The summed E-state index contributed by atoms with van der Waals surface area (Å²) in [5, 5.41) is 0. The zero-order valence-electron chi connectivity index (χ0n) is 13.2. The first kappa shape index (κ1) is 16.0. The second-order valence-corrected chi connectivity index (χ2v) is 6.13. The molecule has 0 aliphatic carbocycles. The summed E-state index contributed by atoms with van der Waals surface area (Å²) in [5.41, 5.74) is 0.743. The van der Waals surface area contributed by atoms with Gasteiger partial charge in [0, 0.05) is 13.1 Å². The Morgan fingerprint density at radius 1 is 1.25 bits per heavy atom. The van der Waals surface area contributed by atoms with Crippen LogP contribution >= 0.6 is 11.3 Å². The van der Waals surface area contributed by atoms with Crippen LogP contribution in [-0.2, 0) is 7.05 Å². The average Bonchev–Trinajstić information content (AvgIpc) is 3.21. The summed E-state index contributed by atoms with van der Waals surface area (Å²) >= 11 is 1.26. The number of furan rings is 1. The Hall–Kier alpha value is -2.86. The first-order valence-corrected chi connectivity index (χ1v) is 8.01. The number of Topliss-reactive ketones (excluding diaryl/α,β-unsaturated/α-hetero) is 1. The lowest BCUT2D eigenvalue weighted by molar-refractivity contribution is 0.103. The van der Waals surface area contributed by atoms with E-state index in [-0.39, 0.29) is 17.1 Å². The highest BCUT2D eigenvalue weighted by Crippen LogP contribution is 2.11. The molecule has 0 bridgehead atoms. The van der Waals surface area contributed by atoms with Crippen molar-refractivity contribution < 1.29 is 13.9 Å². The van der Waals surface area contributed by atoms with Crippen LogP contribution in [0.3, 0.4) is 0 Å². The monoisotopic (exact) mass is 341 g/mol. The van der Waals surface area contributed by atoms with Crippen molar-refractivity contribution in [1.29, 1.82) is 0 Å². The van der Waals surface area contributed by atoms with Crippen LogP contribution in [0.5, 0.6) is 5.75 Å². The van der Waals surface area contributed by atoms with E-state index in [9.17, 15) is 9.59 Å². The van der Waals surface area contributed by atoms with Crippen LogP contribution in [0.25, 0.3) is 12.2 Å². The maximum atomic E-state index is 12.3. The number of carbonyl (C=O) groups excluding carboxylic acids is 1. The summed E-state index contributed by atoms with van der Waals surface area (Å²) in [4.78, 5) is 24.4. The molecule has 1 aromatic carbocycles. The van der Waals surface area contributed by atoms with Gasteiger partial charge in [-0.15, -0.1) is 11.3 Å². The van der Waals surface area contributed by atoms with E-state index in [1.54, 1.807) is 32.4 Å². The number of hydrogen-bond acceptors (Lipinski definition) is 5. The molecule has 0 atom stereocenters. The van der Waals surface area contributed by atoms with Crippen molar-refractivity contribution in [2.75, 3.05) is 7.11 Å². The van der Waals surface area contributed by atoms with Crippen molar-refractivity contribution in [2.45, 2.75) is 0 Å². The van der Waals surface area contributed by atoms with Crippen molar-refractivity contribution in [3.05, 3.63) is 73.5 Å². The van der Waals surface area contributed by atoms with Gasteiger partial charge in [-0.1, -0.05) is 12.1 Å².